The van der Waals surface area contributed by atoms with Crippen molar-refractivity contribution in [1.82, 2.24) is 0 Å². The van der Waals surface area contributed by atoms with Gasteiger partial charge in [-0.05, 0) is 19.9 Å². The molecule has 0 saturated heterocycles. The highest BCUT2D eigenvalue weighted by Gasteiger charge is 1.81. The lowest BCUT2D eigenvalue weighted by atomic mass is 10.2. The third kappa shape index (κ3) is 5.04. The highest BCUT2D eigenvalue weighted by molar-refractivity contribution is 5.87. The van der Waals surface area contributed by atoms with Crippen molar-refractivity contribution in [2.24, 2.45) is 0 Å². The summed E-state index contributed by atoms with van der Waals surface area (Å²) in [5.74, 6) is 0.0665. The van der Waals surface area contributed by atoms with E-state index in [-0.39, 0.29) is 5.78 Å². The van der Waals surface area contributed by atoms with Crippen LogP contribution in [0.5, 0.6) is 0 Å². The van der Waals surface area contributed by atoms with Crippen LogP contribution >= 0.6 is 0 Å². The molecule has 1 heteroatoms. The number of carbonyl (C=O) groups excluding carboxylic acids is 1. The van der Waals surface area contributed by atoms with E-state index < -0.39 is 0 Å². The lowest BCUT2D eigenvalue weighted by molar-refractivity contribution is -0.112. The topological polar surface area (TPSA) is 17.1 Å². The van der Waals surface area contributed by atoms with Crippen molar-refractivity contribution in [2.75, 3.05) is 0 Å². The Bertz CT molecular complexity index is 185. The zero-order chi connectivity index (χ0) is 7.98. The van der Waals surface area contributed by atoms with Crippen molar-refractivity contribution in [3.63, 3.8) is 0 Å². The van der Waals surface area contributed by atoms with Gasteiger partial charge >= 0.3 is 0 Å². The third-order valence-corrected chi connectivity index (χ3v) is 0.962. The highest BCUT2D eigenvalue weighted by atomic mass is 16.1. The molecule has 0 aromatic rings. The summed E-state index contributed by atoms with van der Waals surface area (Å²) in [6.07, 6.45) is 6.85. The fourth-order valence-electron chi connectivity index (χ4n) is 0.490. The quantitative estimate of drug-likeness (QED) is 0.429. The van der Waals surface area contributed by atoms with Gasteiger partial charge in [0.1, 0.15) is 0 Å². The van der Waals surface area contributed by atoms with Gasteiger partial charge in [0.2, 0.25) is 0 Å². The zero-order valence-corrected chi connectivity index (χ0v) is 6.42. The van der Waals surface area contributed by atoms with Gasteiger partial charge in [-0.3, -0.25) is 4.79 Å². The van der Waals surface area contributed by atoms with Crippen LogP contribution in [0, 0.1) is 0 Å². The Balaban J connectivity index is 4.01. The van der Waals surface area contributed by atoms with Crippen LogP contribution in [0.4, 0.5) is 0 Å². The first kappa shape index (κ1) is 8.89. The molecular weight excluding hydrogens is 124 g/mol. The SMILES string of the molecule is C=C/C=C(C)\C=C/C(C)=O. The largest absolute Gasteiger partial charge is 0.295 e. The molecular formula is C9H12O. The van der Waals surface area contributed by atoms with Gasteiger partial charge in [-0.25, -0.2) is 0 Å². The molecule has 0 aromatic heterocycles. The zero-order valence-electron chi connectivity index (χ0n) is 6.42. The number of hydrogen-bond acceptors (Lipinski definition) is 1. The van der Waals surface area contributed by atoms with Crippen LogP contribution in [0.3, 0.4) is 0 Å². The second-order valence-corrected chi connectivity index (χ2v) is 2.09. The standard InChI is InChI=1S/C9H12O/c1-4-5-8(2)6-7-9(3)10/h4-7H,1H2,2-3H3/b7-6-,8-5-. The molecule has 0 saturated carbocycles. The predicted octanol–water partition coefficient (Wildman–Crippen LogP) is 2.26. The van der Waals surface area contributed by atoms with Crippen molar-refractivity contribution < 1.29 is 4.79 Å². The monoisotopic (exact) mass is 136 g/mol. The van der Waals surface area contributed by atoms with Crippen LogP contribution in [0.1, 0.15) is 13.8 Å². The van der Waals surface area contributed by atoms with Crippen molar-refractivity contribution in [2.45, 2.75) is 13.8 Å². The maximum absolute atomic E-state index is 10.4. The first-order chi connectivity index (χ1) is 4.66. The molecule has 0 aliphatic carbocycles. The fraction of sp³-hybridized carbons (Fsp3) is 0.222. The number of allylic oxidation sites excluding steroid dienone is 5. The molecule has 0 N–H and O–H groups in total. The van der Waals surface area contributed by atoms with Crippen molar-refractivity contribution in [3.05, 3.63) is 36.5 Å². The Morgan fingerprint density at radius 1 is 1.30 bits per heavy atom. The Labute approximate surface area is 61.8 Å². The van der Waals surface area contributed by atoms with E-state index in [0.717, 1.165) is 5.57 Å². The maximum atomic E-state index is 10.4. The van der Waals surface area contributed by atoms with Crippen LogP contribution in [0.25, 0.3) is 0 Å². The Morgan fingerprint density at radius 3 is 2.30 bits per heavy atom. The molecule has 0 fully saturated rings. The van der Waals surface area contributed by atoms with E-state index in [4.69, 9.17) is 0 Å². The summed E-state index contributed by atoms with van der Waals surface area (Å²) in [6, 6.07) is 0. The number of rotatable bonds is 3. The molecule has 0 aromatic carbocycles. The predicted molar refractivity (Wildman–Crippen MR) is 43.8 cm³/mol. The van der Waals surface area contributed by atoms with Crippen molar-refractivity contribution >= 4 is 5.78 Å². The van der Waals surface area contributed by atoms with Gasteiger partial charge in [-0.1, -0.05) is 30.4 Å². The van der Waals surface area contributed by atoms with E-state index >= 15 is 0 Å². The Kier molecular flexibility index (Phi) is 4.21. The molecule has 10 heavy (non-hydrogen) atoms. The van der Waals surface area contributed by atoms with Crippen LogP contribution in [-0.4, -0.2) is 5.78 Å². The van der Waals surface area contributed by atoms with E-state index in [1.165, 1.54) is 13.0 Å². The molecule has 0 heterocycles. The van der Waals surface area contributed by atoms with E-state index in [9.17, 15) is 4.79 Å². The van der Waals surface area contributed by atoms with E-state index in [1.807, 2.05) is 13.0 Å². The highest BCUT2D eigenvalue weighted by Crippen LogP contribution is 1.94. The first-order valence-corrected chi connectivity index (χ1v) is 3.15. The summed E-state index contributed by atoms with van der Waals surface area (Å²) in [4.78, 5) is 10.4. The first-order valence-electron chi connectivity index (χ1n) is 3.15. The molecule has 0 bridgehead atoms. The lowest BCUT2D eigenvalue weighted by Gasteiger charge is -1.84. The van der Waals surface area contributed by atoms with Crippen LogP contribution in [0.15, 0.2) is 36.5 Å². The molecule has 0 aliphatic rings. The van der Waals surface area contributed by atoms with E-state index in [2.05, 4.69) is 6.58 Å². The minimum absolute atomic E-state index is 0.0665. The molecule has 0 spiro atoms. The summed E-state index contributed by atoms with van der Waals surface area (Å²) in [5.41, 5.74) is 1.03. The van der Waals surface area contributed by atoms with Gasteiger partial charge in [0.15, 0.2) is 5.78 Å². The molecule has 0 radical (unpaired) electrons. The normalized spacial score (nSPS) is 12.0. The average molecular weight is 136 g/mol. The summed E-state index contributed by atoms with van der Waals surface area (Å²) >= 11 is 0. The Morgan fingerprint density at radius 2 is 1.90 bits per heavy atom. The summed E-state index contributed by atoms with van der Waals surface area (Å²) in [6.45, 7) is 6.98. The molecule has 54 valence electrons. The average Bonchev–Trinajstić information content (AvgIpc) is 1.85. The van der Waals surface area contributed by atoms with Gasteiger partial charge in [0.05, 0.1) is 0 Å². The van der Waals surface area contributed by atoms with Crippen molar-refractivity contribution in [3.8, 4) is 0 Å². The molecule has 0 unspecified atom stereocenters. The second-order valence-electron chi connectivity index (χ2n) is 2.09. The number of ketones is 1. The molecule has 0 rings (SSSR count). The van der Waals surface area contributed by atoms with Crippen LogP contribution in [-0.2, 0) is 4.79 Å². The van der Waals surface area contributed by atoms with Gasteiger partial charge in [-0.2, -0.15) is 0 Å². The van der Waals surface area contributed by atoms with Gasteiger partial charge in [0.25, 0.3) is 0 Å². The lowest BCUT2D eigenvalue weighted by Crippen LogP contribution is -1.79. The fourth-order valence-corrected chi connectivity index (χ4v) is 0.490. The van der Waals surface area contributed by atoms with Crippen molar-refractivity contribution in [1.29, 1.82) is 0 Å². The second kappa shape index (κ2) is 4.74. The van der Waals surface area contributed by atoms with Crippen LogP contribution < -0.4 is 0 Å². The molecule has 0 aliphatic heterocycles. The summed E-state index contributed by atoms with van der Waals surface area (Å²) in [7, 11) is 0. The molecule has 0 amide bonds. The Hall–Kier alpha value is -1.11. The third-order valence-electron chi connectivity index (χ3n) is 0.962. The summed E-state index contributed by atoms with van der Waals surface area (Å²) in [5, 5.41) is 0. The van der Waals surface area contributed by atoms with E-state index in [1.54, 1.807) is 12.2 Å². The minimum Gasteiger partial charge on any atom is -0.295 e. The smallest absolute Gasteiger partial charge is 0.152 e. The number of hydrogen-bond donors (Lipinski definition) is 0. The van der Waals surface area contributed by atoms with Gasteiger partial charge < -0.3 is 0 Å². The van der Waals surface area contributed by atoms with E-state index in [0.29, 0.717) is 0 Å². The minimum atomic E-state index is 0.0665. The van der Waals surface area contributed by atoms with Gasteiger partial charge in [0, 0.05) is 0 Å². The maximum Gasteiger partial charge on any atom is 0.152 e. The summed E-state index contributed by atoms with van der Waals surface area (Å²) < 4.78 is 0. The van der Waals surface area contributed by atoms with Gasteiger partial charge in [-0.15, -0.1) is 0 Å². The molecule has 1 nitrogen and oxygen atoms in total. The number of carbonyl (C=O) groups is 1. The van der Waals surface area contributed by atoms with Crippen LogP contribution in [0.2, 0.25) is 0 Å². The molecule has 0 atom stereocenters.